The molecule has 92 valence electrons. The number of methoxy groups -OCH3 is 1. The van der Waals surface area contributed by atoms with Gasteiger partial charge in [0.1, 0.15) is 5.76 Å². The van der Waals surface area contributed by atoms with Crippen LogP contribution in [0.25, 0.3) is 0 Å². The second-order valence-corrected chi connectivity index (χ2v) is 4.20. The fourth-order valence-corrected chi connectivity index (χ4v) is 1.57. The van der Waals surface area contributed by atoms with Crippen molar-refractivity contribution < 1.29 is 13.9 Å². The molecular formula is C11H18BrNO3. The second kappa shape index (κ2) is 7.84. The average molecular weight is 292 g/mol. The van der Waals surface area contributed by atoms with Crippen LogP contribution < -0.4 is 5.32 Å². The Kier molecular flexibility index (Phi) is 6.71. The first-order chi connectivity index (χ1) is 7.74. The largest absolute Gasteiger partial charge is 0.453 e. The van der Waals surface area contributed by atoms with Gasteiger partial charge in [-0.25, -0.2) is 0 Å². The Morgan fingerprint density at radius 2 is 2.19 bits per heavy atom. The molecule has 16 heavy (non-hydrogen) atoms. The summed E-state index contributed by atoms with van der Waals surface area (Å²) < 4.78 is 16.4. The molecule has 0 aliphatic rings. The topological polar surface area (TPSA) is 43.6 Å². The van der Waals surface area contributed by atoms with Gasteiger partial charge >= 0.3 is 0 Å². The summed E-state index contributed by atoms with van der Waals surface area (Å²) in [5, 5.41) is 3.31. The van der Waals surface area contributed by atoms with E-state index < -0.39 is 0 Å². The van der Waals surface area contributed by atoms with Crippen molar-refractivity contribution in [2.75, 3.05) is 33.5 Å². The van der Waals surface area contributed by atoms with E-state index in [2.05, 4.69) is 28.2 Å². The highest BCUT2D eigenvalue weighted by molar-refractivity contribution is 9.10. The number of furan rings is 1. The molecule has 1 rings (SSSR count). The number of hydrogen-bond donors (Lipinski definition) is 1. The minimum absolute atomic E-state index is 0.192. The molecule has 0 bridgehead atoms. The minimum atomic E-state index is 0.192. The molecule has 5 heteroatoms. The van der Waals surface area contributed by atoms with Crippen molar-refractivity contribution in [3.8, 4) is 0 Å². The van der Waals surface area contributed by atoms with Crippen molar-refractivity contribution in [3.63, 3.8) is 0 Å². The molecule has 0 aromatic carbocycles. The summed E-state index contributed by atoms with van der Waals surface area (Å²) in [6.45, 7) is 4.80. The minimum Gasteiger partial charge on any atom is -0.453 e. The molecule has 4 nitrogen and oxygen atoms in total. The normalized spacial score (nSPS) is 12.9. The summed E-state index contributed by atoms with van der Waals surface area (Å²) in [6.07, 6.45) is 0. The fourth-order valence-electron chi connectivity index (χ4n) is 1.25. The summed E-state index contributed by atoms with van der Waals surface area (Å²) in [6, 6.07) is 4.04. The van der Waals surface area contributed by atoms with Crippen molar-refractivity contribution in [2.45, 2.75) is 13.0 Å². The summed E-state index contributed by atoms with van der Waals surface area (Å²) in [5.74, 6) is 0.920. The lowest BCUT2D eigenvalue weighted by atomic mass is 10.2. The molecule has 0 fully saturated rings. The van der Waals surface area contributed by atoms with Crippen LogP contribution in [-0.2, 0) is 9.47 Å². The van der Waals surface area contributed by atoms with Crippen molar-refractivity contribution in [3.05, 3.63) is 22.6 Å². The molecule has 0 amide bonds. The maximum atomic E-state index is 5.43. The number of ether oxygens (including phenoxy) is 2. The Bertz CT molecular complexity index is 291. The first-order valence-corrected chi connectivity index (χ1v) is 6.08. The van der Waals surface area contributed by atoms with E-state index in [0.29, 0.717) is 19.8 Å². The van der Waals surface area contributed by atoms with E-state index >= 15 is 0 Å². The van der Waals surface area contributed by atoms with Crippen LogP contribution in [0.1, 0.15) is 18.7 Å². The van der Waals surface area contributed by atoms with Crippen LogP contribution in [0.5, 0.6) is 0 Å². The second-order valence-electron chi connectivity index (χ2n) is 3.42. The molecule has 0 saturated carbocycles. The molecule has 1 aromatic rings. The SMILES string of the molecule is COCCOCCNC(C)c1ccc(Br)o1. The summed E-state index contributed by atoms with van der Waals surface area (Å²) >= 11 is 3.28. The highest BCUT2D eigenvalue weighted by Crippen LogP contribution is 2.19. The van der Waals surface area contributed by atoms with E-state index in [4.69, 9.17) is 13.9 Å². The Balaban J connectivity index is 2.09. The van der Waals surface area contributed by atoms with E-state index in [9.17, 15) is 0 Å². The Morgan fingerprint density at radius 3 is 2.81 bits per heavy atom. The third kappa shape index (κ3) is 5.12. The summed E-state index contributed by atoms with van der Waals surface area (Å²) in [5.41, 5.74) is 0. The van der Waals surface area contributed by atoms with Crippen LogP contribution in [0.4, 0.5) is 0 Å². The quantitative estimate of drug-likeness (QED) is 0.747. The van der Waals surface area contributed by atoms with E-state index in [1.807, 2.05) is 12.1 Å². The molecule has 0 aliphatic heterocycles. The average Bonchev–Trinajstić information content (AvgIpc) is 2.70. The van der Waals surface area contributed by atoms with Crippen LogP contribution in [0.15, 0.2) is 21.2 Å². The zero-order valence-corrected chi connectivity index (χ0v) is 11.2. The van der Waals surface area contributed by atoms with E-state index in [1.165, 1.54) is 0 Å². The molecule has 1 N–H and O–H groups in total. The van der Waals surface area contributed by atoms with Gasteiger partial charge in [-0.3, -0.25) is 0 Å². The molecule has 1 atom stereocenters. The smallest absolute Gasteiger partial charge is 0.169 e. The van der Waals surface area contributed by atoms with Gasteiger partial charge in [0.25, 0.3) is 0 Å². The maximum Gasteiger partial charge on any atom is 0.169 e. The van der Waals surface area contributed by atoms with Gasteiger partial charge in [0.2, 0.25) is 0 Å². The predicted molar refractivity (Wildman–Crippen MR) is 65.5 cm³/mol. The van der Waals surface area contributed by atoms with Gasteiger partial charge in [0, 0.05) is 13.7 Å². The van der Waals surface area contributed by atoms with Crippen molar-refractivity contribution in [1.29, 1.82) is 0 Å². The molecule has 0 saturated heterocycles. The Labute approximate surface area is 104 Å². The third-order valence-corrected chi connectivity index (χ3v) is 2.58. The molecule has 0 radical (unpaired) electrons. The van der Waals surface area contributed by atoms with Gasteiger partial charge in [-0.05, 0) is 35.0 Å². The van der Waals surface area contributed by atoms with Crippen molar-refractivity contribution in [1.82, 2.24) is 5.32 Å². The lowest BCUT2D eigenvalue weighted by Gasteiger charge is -2.11. The number of rotatable bonds is 8. The lowest BCUT2D eigenvalue weighted by Crippen LogP contribution is -2.23. The highest BCUT2D eigenvalue weighted by Gasteiger charge is 2.08. The maximum absolute atomic E-state index is 5.43. The number of hydrogen-bond acceptors (Lipinski definition) is 4. The Hall–Kier alpha value is -0.360. The standard InChI is InChI=1S/C11H18BrNO3/c1-9(10-3-4-11(12)16-10)13-5-6-15-8-7-14-2/h3-4,9,13H,5-8H2,1-2H3. The zero-order chi connectivity index (χ0) is 11.8. The van der Waals surface area contributed by atoms with E-state index in [0.717, 1.165) is 17.0 Å². The number of nitrogens with one attached hydrogen (secondary N) is 1. The highest BCUT2D eigenvalue weighted by atomic mass is 79.9. The van der Waals surface area contributed by atoms with E-state index in [1.54, 1.807) is 7.11 Å². The monoisotopic (exact) mass is 291 g/mol. The first-order valence-electron chi connectivity index (χ1n) is 5.29. The van der Waals surface area contributed by atoms with Crippen LogP contribution in [-0.4, -0.2) is 33.5 Å². The van der Waals surface area contributed by atoms with Crippen LogP contribution >= 0.6 is 15.9 Å². The van der Waals surface area contributed by atoms with Gasteiger partial charge in [-0.2, -0.15) is 0 Å². The van der Waals surface area contributed by atoms with Crippen LogP contribution in [0, 0.1) is 0 Å². The zero-order valence-electron chi connectivity index (χ0n) is 9.66. The Morgan fingerprint density at radius 1 is 1.38 bits per heavy atom. The summed E-state index contributed by atoms with van der Waals surface area (Å²) in [4.78, 5) is 0. The molecule has 1 unspecified atom stereocenters. The van der Waals surface area contributed by atoms with Gasteiger partial charge in [0.15, 0.2) is 4.67 Å². The summed E-state index contributed by atoms with van der Waals surface area (Å²) in [7, 11) is 1.67. The van der Waals surface area contributed by atoms with Crippen molar-refractivity contribution in [2.24, 2.45) is 0 Å². The van der Waals surface area contributed by atoms with Gasteiger partial charge in [0.05, 0.1) is 25.9 Å². The fraction of sp³-hybridized carbons (Fsp3) is 0.636. The molecule has 0 spiro atoms. The van der Waals surface area contributed by atoms with Crippen molar-refractivity contribution >= 4 is 15.9 Å². The lowest BCUT2D eigenvalue weighted by molar-refractivity contribution is 0.0710. The molecular weight excluding hydrogens is 274 g/mol. The van der Waals surface area contributed by atoms with Crippen LogP contribution in [0.2, 0.25) is 0 Å². The van der Waals surface area contributed by atoms with Crippen LogP contribution in [0.3, 0.4) is 0 Å². The van der Waals surface area contributed by atoms with Gasteiger partial charge in [-0.1, -0.05) is 0 Å². The molecule has 1 aromatic heterocycles. The third-order valence-electron chi connectivity index (χ3n) is 2.15. The molecule has 0 aliphatic carbocycles. The van der Waals surface area contributed by atoms with Gasteiger partial charge in [-0.15, -0.1) is 0 Å². The number of halogens is 1. The first kappa shape index (κ1) is 13.7. The predicted octanol–water partition coefficient (Wildman–Crippen LogP) is 2.36. The van der Waals surface area contributed by atoms with Gasteiger partial charge < -0.3 is 19.2 Å². The van der Waals surface area contributed by atoms with E-state index in [-0.39, 0.29) is 6.04 Å². The molecule has 1 heterocycles.